The molecule has 6 nitrogen and oxygen atoms in total. The van der Waals surface area contributed by atoms with E-state index >= 15 is 0 Å². The lowest BCUT2D eigenvalue weighted by Crippen LogP contribution is -2.15. The number of hydrogen-bond acceptors (Lipinski definition) is 5. The molecule has 142 valence electrons. The standard InChI is InChI=1S/C23H15NO5/c1-27-21-10-15-13-6-2-4-8-18(13)28-20(15)11-16(21)24-23(26)22-12-17(25)14-7-3-5-9-19(14)29-22/h2-12H,1H3,(H,24,26). The van der Waals surface area contributed by atoms with Crippen molar-refractivity contribution < 1.29 is 18.4 Å². The van der Waals surface area contributed by atoms with Crippen LogP contribution in [0.3, 0.4) is 0 Å². The van der Waals surface area contributed by atoms with Gasteiger partial charge in [0.1, 0.15) is 22.5 Å². The van der Waals surface area contributed by atoms with E-state index in [1.165, 1.54) is 13.2 Å². The minimum Gasteiger partial charge on any atom is -0.495 e. The third-order valence-electron chi connectivity index (χ3n) is 4.81. The van der Waals surface area contributed by atoms with Gasteiger partial charge in [-0.25, -0.2) is 0 Å². The third-order valence-corrected chi connectivity index (χ3v) is 4.81. The lowest BCUT2D eigenvalue weighted by molar-refractivity contribution is 0.0997. The van der Waals surface area contributed by atoms with Crippen molar-refractivity contribution in [3.05, 3.63) is 82.7 Å². The molecule has 2 heterocycles. The summed E-state index contributed by atoms with van der Waals surface area (Å²) >= 11 is 0. The Balaban J connectivity index is 1.58. The number of carbonyl (C=O) groups excluding carboxylic acids is 1. The maximum Gasteiger partial charge on any atom is 0.291 e. The van der Waals surface area contributed by atoms with E-state index in [0.717, 1.165) is 16.4 Å². The lowest BCUT2D eigenvalue weighted by Gasteiger charge is -2.10. The molecule has 1 N–H and O–H groups in total. The molecule has 0 fully saturated rings. The van der Waals surface area contributed by atoms with Crippen LogP contribution in [0.4, 0.5) is 5.69 Å². The number of amides is 1. The molecule has 0 bridgehead atoms. The summed E-state index contributed by atoms with van der Waals surface area (Å²) in [5.41, 5.74) is 1.84. The maximum atomic E-state index is 12.8. The summed E-state index contributed by atoms with van der Waals surface area (Å²) in [5, 5.41) is 5.01. The number of rotatable bonds is 3. The quantitative estimate of drug-likeness (QED) is 0.475. The molecule has 29 heavy (non-hydrogen) atoms. The Bertz CT molecular complexity index is 1460. The molecule has 5 aromatic rings. The Kier molecular flexibility index (Phi) is 3.84. The Morgan fingerprint density at radius 2 is 1.52 bits per heavy atom. The molecule has 0 saturated heterocycles. The van der Waals surface area contributed by atoms with Crippen molar-refractivity contribution in [2.45, 2.75) is 0 Å². The number of fused-ring (bicyclic) bond motifs is 4. The van der Waals surface area contributed by atoms with E-state index in [0.29, 0.717) is 28.0 Å². The Morgan fingerprint density at radius 3 is 2.28 bits per heavy atom. The van der Waals surface area contributed by atoms with Crippen molar-refractivity contribution in [2.24, 2.45) is 0 Å². The lowest BCUT2D eigenvalue weighted by atomic mass is 10.1. The van der Waals surface area contributed by atoms with Crippen molar-refractivity contribution in [3.63, 3.8) is 0 Å². The van der Waals surface area contributed by atoms with Crippen LogP contribution in [-0.4, -0.2) is 13.0 Å². The highest BCUT2D eigenvalue weighted by molar-refractivity contribution is 6.09. The van der Waals surface area contributed by atoms with Gasteiger partial charge in [-0.1, -0.05) is 30.3 Å². The van der Waals surface area contributed by atoms with Gasteiger partial charge in [-0.3, -0.25) is 9.59 Å². The summed E-state index contributed by atoms with van der Waals surface area (Å²) in [6.07, 6.45) is 0. The number of hydrogen-bond donors (Lipinski definition) is 1. The molecule has 0 atom stereocenters. The number of benzene rings is 3. The van der Waals surface area contributed by atoms with E-state index in [2.05, 4.69) is 5.32 Å². The fourth-order valence-corrected chi connectivity index (χ4v) is 3.42. The van der Waals surface area contributed by atoms with Gasteiger partial charge in [-0.15, -0.1) is 0 Å². The molecule has 3 aromatic carbocycles. The summed E-state index contributed by atoms with van der Waals surface area (Å²) in [6.45, 7) is 0. The fourth-order valence-electron chi connectivity index (χ4n) is 3.42. The van der Waals surface area contributed by atoms with Crippen molar-refractivity contribution in [2.75, 3.05) is 12.4 Å². The van der Waals surface area contributed by atoms with Gasteiger partial charge in [-0.05, 0) is 24.3 Å². The van der Waals surface area contributed by atoms with Crippen LogP contribution >= 0.6 is 0 Å². The number of nitrogens with one attached hydrogen (secondary N) is 1. The first-order valence-corrected chi connectivity index (χ1v) is 8.97. The van der Waals surface area contributed by atoms with Crippen LogP contribution in [0.2, 0.25) is 0 Å². The van der Waals surface area contributed by atoms with Crippen LogP contribution in [0.1, 0.15) is 10.6 Å². The number of ether oxygens (including phenoxy) is 1. The van der Waals surface area contributed by atoms with E-state index < -0.39 is 5.91 Å². The highest BCUT2D eigenvalue weighted by Gasteiger charge is 2.17. The zero-order valence-corrected chi connectivity index (χ0v) is 15.4. The van der Waals surface area contributed by atoms with Gasteiger partial charge in [-0.2, -0.15) is 0 Å². The van der Waals surface area contributed by atoms with E-state index in [-0.39, 0.29) is 11.2 Å². The van der Waals surface area contributed by atoms with E-state index in [9.17, 15) is 9.59 Å². The molecule has 5 rings (SSSR count). The first-order valence-electron chi connectivity index (χ1n) is 8.97. The van der Waals surface area contributed by atoms with Crippen LogP contribution in [0.25, 0.3) is 32.9 Å². The van der Waals surface area contributed by atoms with Crippen LogP contribution in [0.5, 0.6) is 5.75 Å². The molecule has 0 spiro atoms. The Hall–Kier alpha value is -4.06. The minimum atomic E-state index is -0.554. The first kappa shape index (κ1) is 17.1. The zero-order valence-electron chi connectivity index (χ0n) is 15.4. The third kappa shape index (κ3) is 2.82. The van der Waals surface area contributed by atoms with Crippen LogP contribution < -0.4 is 15.5 Å². The highest BCUT2D eigenvalue weighted by Crippen LogP contribution is 2.36. The van der Waals surface area contributed by atoms with Crippen LogP contribution in [-0.2, 0) is 0 Å². The summed E-state index contributed by atoms with van der Waals surface area (Å²) < 4.78 is 16.9. The summed E-state index contributed by atoms with van der Waals surface area (Å²) in [5.74, 6) is -0.164. The number of anilines is 1. The molecular weight excluding hydrogens is 370 g/mol. The monoisotopic (exact) mass is 385 g/mol. The molecule has 0 radical (unpaired) electrons. The van der Waals surface area contributed by atoms with Gasteiger partial charge in [0.05, 0.1) is 18.2 Å². The zero-order chi connectivity index (χ0) is 20.0. The number of carbonyl (C=O) groups is 1. The Labute approximate surface area is 164 Å². The molecular formula is C23H15NO5. The molecule has 0 aliphatic carbocycles. The second-order valence-electron chi connectivity index (χ2n) is 6.57. The number of furan rings is 1. The molecule has 0 saturated carbocycles. The van der Waals surface area contributed by atoms with Crippen LogP contribution in [0, 0.1) is 0 Å². The van der Waals surface area contributed by atoms with Gasteiger partial charge >= 0.3 is 0 Å². The fraction of sp³-hybridized carbons (Fsp3) is 0.0435. The van der Waals surface area contributed by atoms with Crippen molar-refractivity contribution in [1.82, 2.24) is 0 Å². The predicted octanol–water partition coefficient (Wildman–Crippen LogP) is 4.95. The predicted molar refractivity (Wildman–Crippen MR) is 111 cm³/mol. The second-order valence-corrected chi connectivity index (χ2v) is 6.57. The first-order chi connectivity index (χ1) is 14.1. The van der Waals surface area contributed by atoms with Gasteiger partial charge in [0.15, 0.2) is 11.2 Å². The average molecular weight is 385 g/mol. The van der Waals surface area contributed by atoms with Gasteiger partial charge in [0.25, 0.3) is 5.91 Å². The second kappa shape index (κ2) is 6.53. The minimum absolute atomic E-state index is 0.0829. The molecule has 1 amide bonds. The van der Waals surface area contributed by atoms with Crippen molar-refractivity contribution in [3.8, 4) is 5.75 Å². The normalized spacial score (nSPS) is 11.2. The SMILES string of the molecule is COc1cc2c(cc1NC(=O)c1cc(=O)c3ccccc3o1)oc1ccccc12. The molecule has 0 aliphatic rings. The summed E-state index contributed by atoms with van der Waals surface area (Å²) in [7, 11) is 1.52. The number of para-hydroxylation sites is 2. The smallest absolute Gasteiger partial charge is 0.291 e. The van der Waals surface area contributed by atoms with Crippen molar-refractivity contribution in [1.29, 1.82) is 0 Å². The van der Waals surface area contributed by atoms with Gasteiger partial charge in [0, 0.05) is 22.9 Å². The van der Waals surface area contributed by atoms with Crippen molar-refractivity contribution >= 4 is 44.5 Å². The number of methoxy groups -OCH3 is 1. The largest absolute Gasteiger partial charge is 0.495 e. The molecule has 6 heteroatoms. The van der Waals surface area contributed by atoms with E-state index in [1.807, 2.05) is 30.3 Å². The topological polar surface area (TPSA) is 81.7 Å². The molecule has 0 aliphatic heterocycles. The Morgan fingerprint density at radius 1 is 0.828 bits per heavy atom. The summed E-state index contributed by atoms with van der Waals surface area (Å²) in [4.78, 5) is 25.0. The van der Waals surface area contributed by atoms with Gasteiger partial charge in [0.2, 0.25) is 0 Å². The van der Waals surface area contributed by atoms with E-state index in [1.54, 1.807) is 30.3 Å². The highest BCUT2D eigenvalue weighted by atomic mass is 16.5. The average Bonchev–Trinajstić information content (AvgIpc) is 3.10. The summed E-state index contributed by atoms with van der Waals surface area (Å²) in [6, 6.07) is 19.1. The molecule has 0 unspecified atom stereocenters. The van der Waals surface area contributed by atoms with Crippen LogP contribution in [0.15, 0.2) is 80.4 Å². The van der Waals surface area contributed by atoms with E-state index in [4.69, 9.17) is 13.6 Å². The maximum absolute atomic E-state index is 12.8. The van der Waals surface area contributed by atoms with Gasteiger partial charge < -0.3 is 18.9 Å². The molecule has 2 aromatic heterocycles.